The Balaban J connectivity index is 2.42. The Bertz CT molecular complexity index is 360. The fraction of sp³-hybridized carbons (Fsp3) is 0.769. The van der Waals surface area contributed by atoms with Crippen LogP contribution in [0.3, 0.4) is 0 Å². The Morgan fingerprint density at radius 3 is 2.56 bits per heavy atom. The van der Waals surface area contributed by atoms with Crippen molar-refractivity contribution in [2.24, 2.45) is 5.41 Å². The summed E-state index contributed by atoms with van der Waals surface area (Å²) in [5.74, 6) is 0. The first-order chi connectivity index (χ1) is 8.32. The predicted molar refractivity (Wildman–Crippen MR) is 74.6 cm³/mol. The highest BCUT2D eigenvalue weighted by molar-refractivity contribution is 7.11. The molecular weight excluding hydrogens is 248 g/mol. The zero-order valence-corrected chi connectivity index (χ0v) is 12.4. The fourth-order valence-electron chi connectivity index (χ4n) is 1.58. The van der Waals surface area contributed by atoms with Gasteiger partial charge in [-0.2, -0.15) is 0 Å². The van der Waals surface area contributed by atoms with Crippen LogP contribution in [0.4, 0.5) is 0 Å². The van der Waals surface area contributed by atoms with E-state index in [4.69, 9.17) is 0 Å². The van der Waals surface area contributed by atoms with Crippen molar-refractivity contribution in [2.45, 2.75) is 52.8 Å². The van der Waals surface area contributed by atoms with Crippen molar-refractivity contribution in [3.05, 3.63) is 16.1 Å². The zero-order valence-electron chi connectivity index (χ0n) is 11.6. The van der Waals surface area contributed by atoms with Crippen LogP contribution in [0.25, 0.3) is 0 Å². The monoisotopic (exact) mass is 272 g/mol. The minimum Gasteiger partial charge on any atom is -0.395 e. The summed E-state index contributed by atoms with van der Waals surface area (Å²) in [5.41, 5.74) is -0.157. The second-order valence-corrected chi connectivity index (χ2v) is 7.04. The van der Waals surface area contributed by atoms with Crippen LogP contribution in [0.15, 0.2) is 6.20 Å². The summed E-state index contributed by atoms with van der Waals surface area (Å²) in [6.45, 7) is 8.69. The van der Waals surface area contributed by atoms with Gasteiger partial charge in [0.25, 0.3) is 0 Å². The van der Waals surface area contributed by atoms with Crippen LogP contribution in [0.5, 0.6) is 0 Å². The quantitative estimate of drug-likeness (QED) is 0.737. The van der Waals surface area contributed by atoms with Gasteiger partial charge in [0.05, 0.1) is 17.7 Å². The SMILES string of the molecule is Cc1ncc(CN[C@@H](CO)C[C@H](O)C(C)(C)C)s1. The Morgan fingerprint density at radius 2 is 2.11 bits per heavy atom. The minimum atomic E-state index is -0.426. The van der Waals surface area contributed by atoms with E-state index in [1.165, 1.54) is 0 Å². The number of nitrogens with zero attached hydrogens (tertiary/aromatic N) is 1. The number of aliphatic hydroxyl groups excluding tert-OH is 2. The van der Waals surface area contributed by atoms with E-state index in [2.05, 4.69) is 10.3 Å². The van der Waals surface area contributed by atoms with Gasteiger partial charge in [-0.05, 0) is 18.8 Å². The molecule has 1 rings (SSSR count). The van der Waals surface area contributed by atoms with Gasteiger partial charge in [-0.25, -0.2) is 4.98 Å². The summed E-state index contributed by atoms with van der Waals surface area (Å²) in [6.07, 6.45) is 1.98. The molecule has 0 spiro atoms. The lowest BCUT2D eigenvalue weighted by atomic mass is 9.85. The van der Waals surface area contributed by atoms with Gasteiger partial charge in [0.2, 0.25) is 0 Å². The molecule has 3 N–H and O–H groups in total. The topological polar surface area (TPSA) is 65.4 Å². The standard InChI is InChI=1S/C13H24N2O2S/c1-9-14-6-11(18-9)7-15-10(8-16)5-12(17)13(2,3)4/h6,10,12,15-17H,5,7-8H2,1-4H3/t10-,12+/m1/s1. The van der Waals surface area contributed by atoms with Crippen LogP contribution in [-0.2, 0) is 6.54 Å². The Kier molecular flexibility index (Phi) is 5.72. The average Bonchev–Trinajstić information content (AvgIpc) is 2.68. The van der Waals surface area contributed by atoms with Gasteiger partial charge in [-0.3, -0.25) is 0 Å². The maximum absolute atomic E-state index is 10.0. The first kappa shape index (κ1) is 15.6. The molecule has 18 heavy (non-hydrogen) atoms. The molecule has 4 nitrogen and oxygen atoms in total. The largest absolute Gasteiger partial charge is 0.395 e. The molecule has 2 atom stereocenters. The van der Waals surface area contributed by atoms with Crippen molar-refractivity contribution in [2.75, 3.05) is 6.61 Å². The Morgan fingerprint density at radius 1 is 1.44 bits per heavy atom. The van der Waals surface area contributed by atoms with Crippen molar-refractivity contribution < 1.29 is 10.2 Å². The number of aliphatic hydroxyl groups is 2. The highest BCUT2D eigenvalue weighted by Crippen LogP contribution is 2.22. The second kappa shape index (κ2) is 6.61. The molecule has 1 aromatic heterocycles. The van der Waals surface area contributed by atoms with E-state index >= 15 is 0 Å². The summed E-state index contributed by atoms with van der Waals surface area (Å²) in [7, 11) is 0. The van der Waals surface area contributed by atoms with E-state index in [0.717, 1.165) is 9.88 Å². The third kappa shape index (κ3) is 5.02. The van der Waals surface area contributed by atoms with Gasteiger partial charge in [-0.15, -0.1) is 11.3 Å². The van der Waals surface area contributed by atoms with Gasteiger partial charge in [0.15, 0.2) is 0 Å². The van der Waals surface area contributed by atoms with Crippen molar-refractivity contribution in [3.8, 4) is 0 Å². The lowest BCUT2D eigenvalue weighted by Gasteiger charge is -2.29. The molecule has 0 saturated carbocycles. The fourth-order valence-corrected chi connectivity index (χ4v) is 2.32. The molecular formula is C13H24N2O2S. The average molecular weight is 272 g/mol. The molecule has 0 aromatic carbocycles. The zero-order chi connectivity index (χ0) is 13.8. The molecule has 0 aliphatic heterocycles. The van der Waals surface area contributed by atoms with E-state index in [9.17, 15) is 10.2 Å². The Labute approximate surface area is 113 Å². The number of rotatable bonds is 6. The predicted octanol–water partition coefficient (Wildman–Crippen LogP) is 1.70. The van der Waals surface area contributed by atoms with Crippen LogP contribution in [0.2, 0.25) is 0 Å². The molecule has 1 aromatic rings. The van der Waals surface area contributed by atoms with E-state index in [1.807, 2.05) is 33.9 Å². The van der Waals surface area contributed by atoms with Crippen LogP contribution in [0, 0.1) is 12.3 Å². The molecule has 1 heterocycles. The number of aryl methyl sites for hydroxylation is 1. The van der Waals surface area contributed by atoms with E-state index in [0.29, 0.717) is 13.0 Å². The normalized spacial score (nSPS) is 15.7. The van der Waals surface area contributed by atoms with E-state index in [-0.39, 0.29) is 18.1 Å². The summed E-state index contributed by atoms with van der Waals surface area (Å²) >= 11 is 1.65. The van der Waals surface area contributed by atoms with Crippen LogP contribution >= 0.6 is 11.3 Å². The highest BCUT2D eigenvalue weighted by Gasteiger charge is 2.25. The Hall–Kier alpha value is -0.490. The lowest BCUT2D eigenvalue weighted by Crippen LogP contribution is -2.39. The van der Waals surface area contributed by atoms with Crippen molar-refractivity contribution in [1.82, 2.24) is 10.3 Å². The smallest absolute Gasteiger partial charge is 0.0897 e. The minimum absolute atomic E-state index is 0.0327. The number of aromatic nitrogens is 1. The second-order valence-electron chi connectivity index (χ2n) is 5.72. The molecule has 0 bridgehead atoms. The number of thiazole rings is 1. The first-order valence-corrected chi connectivity index (χ1v) is 7.08. The van der Waals surface area contributed by atoms with E-state index < -0.39 is 6.10 Å². The van der Waals surface area contributed by atoms with E-state index in [1.54, 1.807) is 11.3 Å². The number of hydrogen-bond donors (Lipinski definition) is 3. The van der Waals surface area contributed by atoms with Gasteiger partial charge in [-0.1, -0.05) is 20.8 Å². The summed E-state index contributed by atoms with van der Waals surface area (Å²) in [5, 5.41) is 23.7. The first-order valence-electron chi connectivity index (χ1n) is 6.26. The van der Waals surface area contributed by atoms with Crippen molar-refractivity contribution in [1.29, 1.82) is 0 Å². The summed E-state index contributed by atoms with van der Waals surface area (Å²) in [6, 6.07) is -0.0818. The number of hydrogen-bond acceptors (Lipinski definition) is 5. The molecule has 0 radical (unpaired) electrons. The number of nitrogens with one attached hydrogen (secondary N) is 1. The molecule has 0 amide bonds. The summed E-state index contributed by atoms with van der Waals surface area (Å²) < 4.78 is 0. The van der Waals surface area contributed by atoms with Gasteiger partial charge >= 0.3 is 0 Å². The molecule has 0 fully saturated rings. The maximum Gasteiger partial charge on any atom is 0.0897 e. The highest BCUT2D eigenvalue weighted by atomic mass is 32.1. The van der Waals surface area contributed by atoms with Crippen LogP contribution < -0.4 is 5.32 Å². The van der Waals surface area contributed by atoms with Gasteiger partial charge in [0, 0.05) is 23.7 Å². The van der Waals surface area contributed by atoms with Crippen LogP contribution in [-0.4, -0.2) is 33.9 Å². The molecule has 104 valence electrons. The third-order valence-electron chi connectivity index (χ3n) is 2.96. The van der Waals surface area contributed by atoms with Gasteiger partial charge in [0.1, 0.15) is 0 Å². The third-order valence-corrected chi connectivity index (χ3v) is 3.87. The van der Waals surface area contributed by atoms with Gasteiger partial charge < -0.3 is 15.5 Å². The molecule has 0 aliphatic carbocycles. The molecule has 5 heteroatoms. The van der Waals surface area contributed by atoms with Crippen molar-refractivity contribution >= 4 is 11.3 Å². The lowest BCUT2D eigenvalue weighted by molar-refractivity contribution is 0.0389. The molecule has 0 unspecified atom stereocenters. The van der Waals surface area contributed by atoms with Crippen LogP contribution in [0.1, 0.15) is 37.1 Å². The molecule has 0 aliphatic rings. The maximum atomic E-state index is 10.0. The summed E-state index contributed by atoms with van der Waals surface area (Å²) in [4.78, 5) is 5.34. The van der Waals surface area contributed by atoms with Crippen molar-refractivity contribution in [3.63, 3.8) is 0 Å². The molecule has 0 saturated heterocycles.